The molecule has 0 bridgehead atoms. The van der Waals surface area contributed by atoms with E-state index in [0.29, 0.717) is 30.3 Å². The fourth-order valence-electron chi connectivity index (χ4n) is 3.09. The fraction of sp³-hybridized carbons (Fsp3) is 0.696. The molecule has 0 radical (unpaired) electrons. The molecule has 0 aliphatic rings. The Morgan fingerprint density at radius 3 is 1.82 bits per heavy atom. The molecule has 0 aliphatic heterocycles. The summed E-state index contributed by atoms with van der Waals surface area (Å²) in [5.41, 5.74) is 2.64. The third kappa shape index (κ3) is 10.5. The van der Waals surface area contributed by atoms with E-state index in [0.717, 1.165) is 19.3 Å². The number of hydrazine groups is 1. The maximum Gasteiger partial charge on any atom is 0.265 e. The second-order valence-corrected chi connectivity index (χ2v) is 7.37. The highest BCUT2D eigenvalue weighted by Gasteiger charge is 2.11. The normalized spacial score (nSPS) is 10.7. The zero-order chi connectivity index (χ0) is 20.5. The summed E-state index contributed by atoms with van der Waals surface area (Å²) in [4.78, 5) is 11.8. The third-order valence-corrected chi connectivity index (χ3v) is 4.85. The van der Waals surface area contributed by atoms with Crippen LogP contribution in [-0.4, -0.2) is 19.1 Å². The van der Waals surface area contributed by atoms with Crippen LogP contribution in [0.4, 0.5) is 0 Å². The van der Waals surface area contributed by atoms with Gasteiger partial charge in [0.05, 0.1) is 13.2 Å². The summed E-state index contributed by atoms with van der Waals surface area (Å²) in [6.45, 7) is 5.75. The minimum Gasteiger partial charge on any atom is -0.490 e. The Labute approximate surface area is 171 Å². The van der Waals surface area contributed by atoms with Crippen LogP contribution in [0.2, 0.25) is 0 Å². The van der Waals surface area contributed by atoms with E-state index in [9.17, 15) is 4.79 Å². The number of hydrogen-bond donors (Lipinski definition) is 2. The van der Waals surface area contributed by atoms with Crippen molar-refractivity contribution >= 4 is 5.91 Å². The number of carbonyl (C=O) groups excluding carboxylic acids is 1. The highest BCUT2D eigenvalue weighted by Crippen LogP contribution is 2.29. The van der Waals surface area contributed by atoms with Crippen LogP contribution >= 0.6 is 0 Å². The van der Waals surface area contributed by atoms with Crippen molar-refractivity contribution in [3.8, 4) is 11.5 Å². The van der Waals surface area contributed by atoms with Gasteiger partial charge in [-0.05, 0) is 31.0 Å². The first-order valence-corrected chi connectivity index (χ1v) is 11.1. The number of amides is 1. The Kier molecular flexibility index (Phi) is 14.1. The molecule has 1 aromatic carbocycles. The smallest absolute Gasteiger partial charge is 0.265 e. The molecule has 28 heavy (non-hydrogen) atoms. The summed E-state index contributed by atoms with van der Waals surface area (Å²) in [6, 6.07) is 5.24. The molecule has 3 N–H and O–H groups in total. The number of nitrogens with two attached hydrogens (primary N) is 1. The topological polar surface area (TPSA) is 73.6 Å². The van der Waals surface area contributed by atoms with Gasteiger partial charge in [0.1, 0.15) is 0 Å². The summed E-state index contributed by atoms with van der Waals surface area (Å²) < 4.78 is 11.9. The zero-order valence-corrected chi connectivity index (χ0v) is 17.9. The van der Waals surface area contributed by atoms with Crippen LogP contribution in [0.5, 0.6) is 11.5 Å². The van der Waals surface area contributed by atoms with Crippen LogP contribution in [0, 0.1) is 0 Å². The van der Waals surface area contributed by atoms with Crippen molar-refractivity contribution in [3.63, 3.8) is 0 Å². The molecule has 160 valence electrons. The number of ether oxygens (including phenoxy) is 2. The number of carbonyl (C=O) groups is 1. The molecule has 0 unspecified atom stereocenters. The largest absolute Gasteiger partial charge is 0.490 e. The maximum atomic E-state index is 11.8. The van der Waals surface area contributed by atoms with Gasteiger partial charge >= 0.3 is 0 Å². The number of hydrogen-bond acceptors (Lipinski definition) is 4. The van der Waals surface area contributed by atoms with Gasteiger partial charge in [-0.3, -0.25) is 10.2 Å². The van der Waals surface area contributed by atoms with Crippen molar-refractivity contribution in [2.45, 2.75) is 90.9 Å². The number of benzene rings is 1. The molecule has 0 saturated carbocycles. The van der Waals surface area contributed by atoms with Gasteiger partial charge in [0, 0.05) is 5.56 Å². The highest BCUT2D eigenvalue weighted by atomic mass is 16.5. The summed E-state index contributed by atoms with van der Waals surface area (Å²) in [5.74, 6) is 6.25. The lowest BCUT2D eigenvalue weighted by Crippen LogP contribution is -2.29. The molecule has 0 spiro atoms. The predicted octanol–water partition coefficient (Wildman–Crippen LogP) is 5.77. The Morgan fingerprint density at radius 2 is 1.29 bits per heavy atom. The van der Waals surface area contributed by atoms with Crippen molar-refractivity contribution in [1.29, 1.82) is 0 Å². The van der Waals surface area contributed by atoms with Gasteiger partial charge in [-0.1, -0.05) is 78.1 Å². The van der Waals surface area contributed by atoms with Crippen LogP contribution < -0.4 is 20.7 Å². The van der Waals surface area contributed by atoms with Crippen molar-refractivity contribution in [3.05, 3.63) is 23.8 Å². The maximum absolute atomic E-state index is 11.8. The summed E-state index contributed by atoms with van der Waals surface area (Å²) in [6.07, 6.45) is 14.6. The zero-order valence-electron chi connectivity index (χ0n) is 17.9. The lowest BCUT2D eigenvalue weighted by molar-refractivity contribution is 0.0953. The van der Waals surface area contributed by atoms with E-state index in [4.69, 9.17) is 15.3 Å². The van der Waals surface area contributed by atoms with E-state index in [1.54, 1.807) is 18.2 Å². The van der Waals surface area contributed by atoms with Crippen LogP contribution in [0.15, 0.2) is 18.2 Å². The number of rotatable bonds is 17. The van der Waals surface area contributed by atoms with Crippen LogP contribution in [0.25, 0.3) is 0 Å². The van der Waals surface area contributed by atoms with Crippen LogP contribution in [-0.2, 0) is 0 Å². The Bertz CT molecular complexity index is 535. The Morgan fingerprint density at radius 1 is 0.786 bits per heavy atom. The lowest BCUT2D eigenvalue weighted by Gasteiger charge is -2.14. The highest BCUT2D eigenvalue weighted by molar-refractivity contribution is 5.94. The molecule has 1 aromatic rings. The molecule has 1 amide bonds. The Balaban J connectivity index is 2.48. The number of unbranched alkanes of at least 4 members (excludes halogenated alkanes) is 10. The van der Waals surface area contributed by atoms with Gasteiger partial charge in [0.15, 0.2) is 11.5 Å². The van der Waals surface area contributed by atoms with Gasteiger partial charge < -0.3 is 9.47 Å². The van der Waals surface area contributed by atoms with E-state index in [1.807, 2.05) is 0 Å². The molecular formula is C23H40N2O3. The van der Waals surface area contributed by atoms with Crippen LogP contribution in [0.3, 0.4) is 0 Å². The SMILES string of the molecule is CCCCCCCCOc1ccc(C(=O)NN)cc1OCCCCCCCC. The molecule has 5 nitrogen and oxygen atoms in total. The van der Waals surface area contributed by atoms with Gasteiger partial charge in [-0.25, -0.2) is 5.84 Å². The average Bonchev–Trinajstić information content (AvgIpc) is 2.72. The average molecular weight is 393 g/mol. The van der Waals surface area contributed by atoms with Crippen molar-refractivity contribution in [1.82, 2.24) is 5.43 Å². The minimum absolute atomic E-state index is 0.327. The fourth-order valence-corrected chi connectivity index (χ4v) is 3.09. The summed E-state index contributed by atoms with van der Waals surface area (Å²) in [5, 5.41) is 0. The van der Waals surface area contributed by atoms with Crippen LogP contribution in [0.1, 0.15) is 101 Å². The summed E-state index contributed by atoms with van der Waals surface area (Å²) in [7, 11) is 0. The van der Waals surface area contributed by atoms with E-state index in [2.05, 4.69) is 19.3 Å². The number of nitrogen functional groups attached to an aromatic ring is 1. The second kappa shape index (κ2) is 16.2. The van der Waals surface area contributed by atoms with Gasteiger partial charge in [-0.15, -0.1) is 0 Å². The van der Waals surface area contributed by atoms with E-state index >= 15 is 0 Å². The lowest BCUT2D eigenvalue weighted by atomic mass is 10.1. The van der Waals surface area contributed by atoms with Crippen molar-refractivity contribution < 1.29 is 14.3 Å². The first-order chi connectivity index (χ1) is 13.7. The molecule has 1 rings (SSSR count). The van der Waals surface area contributed by atoms with E-state index < -0.39 is 0 Å². The molecular weight excluding hydrogens is 352 g/mol. The molecule has 0 heterocycles. The van der Waals surface area contributed by atoms with E-state index in [-0.39, 0.29) is 5.91 Å². The quantitative estimate of drug-likeness (QED) is 0.153. The number of nitrogens with one attached hydrogen (secondary N) is 1. The van der Waals surface area contributed by atoms with Gasteiger partial charge in [0.25, 0.3) is 5.91 Å². The molecule has 5 heteroatoms. The third-order valence-electron chi connectivity index (χ3n) is 4.85. The van der Waals surface area contributed by atoms with Crippen molar-refractivity contribution in [2.24, 2.45) is 5.84 Å². The first kappa shape index (κ1) is 24.3. The van der Waals surface area contributed by atoms with E-state index in [1.165, 1.54) is 57.8 Å². The molecule has 0 fully saturated rings. The van der Waals surface area contributed by atoms with Gasteiger partial charge in [-0.2, -0.15) is 0 Å². The first-order valence-electron chi connectivity index (χ1n) is 11.1. The Hall–Kier alpha value is -1.75. The standard InChI is InChI=1S/C23H40N2O3/c1-3-5-7-9-11-13-17-27-21-16-15-20(23(26)25-24)19-22(21)28-18-14-12-10-8-6-4-2/h15-16,19H,3-14,17-18,24H2,1-2H3,(H,25,26). The molecule has 0 aromatic heterocycles. The second-order valence-electron chi connectivity index (χ2n) is 7.37. The summed E-state index contributed by atoms with van der Waals surface area (Å²) >= 11 is 0. The van der Waals surface area contributed by atoms with Crippen molar-refractivity contribution in [2.75, 3.05) is 13.2 Å². The van der Waals surface area contributed by atoms with Gasteiger partial charge in [0.2, 0.25) is 0 Å². The predicted molar refractivity (Wildman–Crippen MR) is 116 cm³/mol. The molecule has 0 saturated heterocycles. The molecule has 0 atom stereocenters. The monoisotopic (exact) mass is 392 g/mol. The minimum atomic E-state index is -0.327. The molecule has 0 aliphatic carbocycles.